The maximum absolute atomic E-state index is 8.82. The largest absolute Gasteiger partial charge is 0.496 e. The highest BCUT2D eigenvalue weighted by Gasteiger charge is 2.24. The number of aromatic amines is 1. The smallest absolute Gasteiger partial charge is 0.158 e. The summed E-state index contributed by atoms with van der Waals surface area (Å²) in [4.78, 5) is 10.6. The van der Waals surface area contributed by atoms with Gasteiger partial charge in [0.25, 0.3) is 0 Å². The monoisotopic (exact) mass is 418 g/mol. The third kappa shape index (κ3) is 4.75. The van der Waals surface area contributed by atoms with Gasteiger partial charge < -0.3 is 15.4 Å². The van der Waals surface area contributed by atoms with E-state index in [1.165, 1.54) is 12.4 Å². The lowest BCUT2D eigenvalue weighted by atomic mass is 10.1. The molecule has 0 radical (unpaired) electrons. The molecule has 1 aliphatic heterocycles. The standard InChI is InChI=1S/C22H26N8O/c1-14(2)30-7-6-16(13-30)26-15-4-5-18(20(8-15)31-3)19-9-21(29-28-19)27-22-12-24-17(10-23)11-25-22/h4-5,8-9,11-12,14,16,26H,6-7,13H2,1-3H3,(H2,25,27,28,29)/t16-/m1/s1. The zero-order valence-corrected chi connectivity index (χ0v) is 17.9. The van der Waals surface area contributed by atoms with Crippen molar-refractivity contribution in [2.45, 2.75) is 32.4 Å². The summed E-state index contributed by atoms with van der Waals surface area (Å²) >= 11 is 0. The summed E-state index contributed by atoms with van der Waals surface area (Å²) in [6, 6.07) is 10.9. The SMILES string of the molecule is COc1cc(N[C@@H]2CCN(C(C)C)C2)ccc1-c1cc(Nc2cnc(C#N)cn2)n[nH]1. The summed E-state index contributed by atoms with van der Waals surface area (Å²) in [5.41, 5.74) is 3.04. The van der Waals surface area contributed by atoms with Crippen LogP contribution in [0.2, 0.25) is 0 Å². The summed E-state index contributed by atoms with van der Waals surface area (Å²) in [5.74, 6) is 1.87. The number of H-pyrrole nitrogens is 1. The first-order valence-electron chi connectivity index (χ1n) is 10.3. The molecule has 1 saturated heterocycles. The number of benzene rings is 1. The van der Waals surface area contributed by atoms with Crippen molar-refractivity contribution in [3.63, 3.8) is 0 Å². The molecule has 0 spiro atoms. The Kier molecular flexibility index (Phi) is 6.00. The molecule has 2 aromatic heterocycles. The third-order valence-corrected chi connectivity index (χ3v) is 5.41. The van der Waals surface area contributed by atoms with Crippen molar-refractivity contribution in [2.24, 2.45) is 0 Å². The number of aromatic nitrogens is 4. The lowest BCUT2D eigenvalue weighted by molar-refractivity contribution is 0.274. The molecule has 1 atom stereocenters. The molecule has 0 unspecified atom stereocenters. The van der Waals surface area contributed by atoms with Gasteiger partial charge in [-0.15, -0.1) is 0 Å². The predicted octanol–water partition coefficient (Wildman–Crippen LogP) is 3.39. The van der Waals surface area contributed by atoms with Crippen LogP contribution >= 0.6 is 0 Å². The molecule has 0 saturated carbocycles. The molecule has 9 nitrogen and oxygen atoms in total. The van der Waals surface area contributed by atoms with Crippen LogP contribution in [0, 0.1) is 11.3 Å². The number of rotatable bonds is 7. The van der Waals surface area contributed by atoms with Crippen LogP contribution in [-0.2, 0) is 0 Å². The van der Waals surface area contributed by atoms with Gasteiger partial charge in [0.15, 0.2) is 11.5 Å². The fraction of sp³-hybridized carbons (Fsp3) is 0.364. The van der Waals surface area contributed by atoms with Crippen LogP contribution in [0.1, 0.15) is 26.0 Å². The first-order valence-corrected chi connectivity index (χ1v) is 10.3. The second kappa shape index (κ2) is 9.02. The van der Waals surface area contributed by atoms with E-state index in [0.29, 0.717) is 23.7 Å². The summed E-state index contributed by atoms with van der Waals surface area (Å²) < 4.78 is 5.65. The van der Waals surface area contributed by atoms with Crippen LogP contribution in [0.15, 0.2) is 36.7 Å². The molecule has 9 heteroatoms. The number of nitrogens with zero attached hydrogens (tertiary/aromatic N) is 5. The second-order valence-corrected chi connectivity index (χ2v) is 7.82. The molecular weight excluding hydrogens is 392 g/mol. The number of likely N-dealkylation sites (tertiary alicyclic amines) is 1. The lowest BCUT2D eigenvalue weighted by Gasteiger charge is -2.21. The highest BCUT2D eigenvalue weighted by atomic mass is 16.5. The van der Waals surface area contributed by atoms with Crippen molar-refractivity contribution in [3.05, 3.63) is 42.4 Å². The molecule has 0 bridgehead atoms. The average molecular weight is 419 g/mol. The quantitative estimate of drug-likeness (QED) is 0.535. The maximum atomic E-state index is 8.82. The van der Waals surface area contributed by atoms with E-state index < -0.39 is 0 Å². The van der Waals surface area contributed by atoms with Crippen LogP contribution in [0.4, 0.5) is 17.3 Å². The Bertz CT molecular complexity index is 1070. The molecule has 3 heterocycles. The molecule has 1 aromatic carbocycles. The van der Waals surface area contributed by atoms with Crippen LogP contribution in [-0.4, -0.2) is 57.3 Å². The van der Waals surface area contributed by atoms with E-state index in [9.17, 15) is 0 Å². The highest BCUT2D eigenvalue weighted by molar-refractivity contribution is 5.73. The number of methoxy groups -OCH3 is 1. The predicted molar refractivity (Wildman–Crippen MR) is 119 cm³/mol. The highest BCUT2D eigenvalue weighted by Crippen LogP contribution is 2.33. The maximum Gasteiger partial charge on any atom is 0.158 e. The van der Waals surface area contributed by atoms with E-state index in [-0.39, 0.29) is 5.69 Å². The van der Waals surface area contributed by atoms with E-state index in [1.54, 1.807) is 7.11 Å². The van der Waals surface area contributed by atoms with Gasteiger partial charge in [0.1, 0.15) is 17.6 Å². The van der Waals surface area contributed by atoms with Gasteiger partial charge in [-0.05, 0) is 32.4 Å². The summed E-state index contributed by atoms with van der Waals surface area (Å²) in [7, 11) is 1.67. The van der Waals surface area contributed by atoms with Crippen molar-refractivity contribution in [3.8, 4) is 23.1 Å². The van der Waals surface area contributed by atoms with Gasteiger partial charge in [-0.2, -0.15) is 10.4 Å². The second-order valence-electron chi connectivity index (χ2n) is 7.82. The van der Waals surface area contributed by atoms with Gasteiger partial charge in [0.05, 0.1) is 25.2 Å². The van der Waals surface area contributed by atoms with Crippen LogP contribution < -0.4 is 15.4 Å². The van der Waals surface area contributed by atoms with Crippen molar-refractivity contribution in [1.29, 1.82) is 5.26 Å². The molecule has 160 valence electrons. The Labute approximate surface area is 181 Å². The molecule has 3 aromatic rings. The minimum Gasteiger partial charge on any atom is -0.496 e. The Balaban J connectivity index is 1.46. The molecular formula is C22H26N8O. The third-order valence-electron chi connectivity index (χ3n) is 5.41. The number of anilines is 3. The van der Waals surface area contributed by atoms with E-state index in [4.69, 9.17) is 10.00 Å². The zero-order chi connectivity index (χ0) is 21.8. The number of nitrogens with one attached hydrogen (secondary N) is 3. The molecule has 0 aliphatic carbocycles. The Hall–Kier alpha value is -3.64. The first-order chi connectivity index (χ1) is 15.1. The van der Waals surface area contributed by atoms with E-state index in [0.717, 1.165) is 42.2 Å². The minimum atomic E-state index is 0.265. The normalized spacial score (nSPS) is 16.3. The van der Waals surface area contributed by atoms with Crippen LogP contribution in [0.3, 0.4) is 0 Å². The fourth-order valence-corrected chi connectivity index (χ4v) is 3.72. The van der Waals surface area contributed by atoms with Crippen molar-refractivity contribution < 1.29 is 4.74 Å². The number of nitriles is 1. The minimum absolute atomic E-state index is 0.265. The Morgan fingerprint density at radius 3 is 2.77 bits per heavy atom. The van der Waals surface area contributed by atoms with Gasteiger partial charge in [-0.25, -0.2) is 9.97 Å². The summed E-state index contributed by atoms with van der Waals surface area (Å²) in [6.45, 7) is 6.65. The van der Waals surface area contributed by atoms with Crippen LogP contribution in [0.25, 0.3) is 11.3 Å². The van der Waals surface area contributed by atoms with Crippen molar-refractivity contribution in [2.75, 3.05) is 30.8 Å². The van der Waals surface area contributed by atoms with Gasteiger partial charge in [-0.1, -0.05) is 0 Å². The Morgan fingerprint density at radius 1 is 1.23 bits per heavy atom. The average Bonchev–Trinajstić information content (AvgIpc) is 3.44. The van der Waals surface area contributed by atoms with E-state index >= 15 is 0 Å². The number of hydrogen-bond donors (Lipinski definition) is 3. The van der Waals surface area contributed by atoms with E-state index in [1.807, 2.05) is 24.3 Å². The molecule has 1 aliphatic rings. The van der Waals surface area contributed by atoms with Gasteiger partial charge in [-0.3, -0.25) is 10.00 Å². The van der Waals surface area contributed by atoms with Gasteiger partial charge in [0, 0.05) is 48.6 Å². The molecule has 0 amide bonds. The summed E-state index contributed by atoms with van der Waals surface area (Å²) in [6.07, 6.45) is 4.04. The topological polar surface area (TPSA) is 115 Å². The summed E-state index contributed by atoms with van der Waals surface area (Å²) in [5, 5.41) is 22.8. The van der Waals surface area contributed by atoms with Crippen molar-refractivity contribution >= 4 is 17.3 Å². The zero-order valence-electron chi connectivity index (χ0n) is 17.9. The molecule has 3 N–H and O–H groups in total. The molecule has 1 fully saturated rings. The molecule has 31 heavy (non-hydrogen) atoms. The van der Waals surface area contributed by atoms with Gasteiger partial charge in [0.2, 0.25) is 0 Å². The van der Waals surface area contributed by atoms with E-state index in [2.05, 4.69) is 55.6 Å². The lowest BCUT2D eigenvalue weighted by Crippen LogP contribution is -2.31. The number of hydrogen-bond acceptors (Lipinski definition) is 8. The Morgan fingerprint density at radius 2 is 2.10 bits per heavy atom. The van der Waals surface area contributed by atoms with Crippen LogP contribution in [0.5, 0.6) is 5.75 Å². The first kappa shape index (κ1) is 20.6. The van der Waals surface area contributed by atoms with Gasteiger partial charge >= 0.3 is 0 Å². The fourth-order valence-electron chi connectivity index (χ4n) is 3.72. The molecule has 4 rings (SSSR count). The van der Waals surface area contributed by atoms with Crippen molar-refractivity contribution in [1.82, 2.24) is 25.1 Å². The number of ether oxygens (including phenoxy) is 1.